The second kappa shape index (κ2) is 7.31. The zero-order valence-electron chi connectivity index (χ0n) is 10.5. The van der Waals surface area contributed by atoms with Gasteiger partial charge in [0.05, 0.1) is 4.47 Å². The Morgan fingerprint density at radius 2 is 2.25 bits per heavy atom. The molecule has 0 heterocycles. The van der Waals surface area contributed by atoms with E-state index >= 15 is 0 Å². The number of hydrogen-bond donors (Lipinski definition) is 2. The number of benzene rings is 1. The number of likely N-dealkylation sites (N-methyl/N-ethyl adjacent to an activating group) is 1. The number of nitriles is 1. The molecule has 1 amide bonds. The third kappa shape index (κ3) is 4.40. The lowest BCUT2D eigenvalue weighted by atomic mass is 10.1. The zero-order valence-corrected chi connectivity index (χ0v) is 12.1. The van der Waals surface area contributed by atoms with Crippen LogP contribution in [-0.4, -0.2) is 30.6 Å². The molecule has 0 aromatic heterocycles. The van der Waals surface area contributed by atoms with Crippen molar-refractivity contribution in [1.29, 1.82) is 5.26 Å². The van der Waals surface area contributed by atoms with E-state index in [1.807, 2.05) is 0 Å². The Balaban J connectivity index is 2.97. The molecule has 0 bridgehead atoms. The van der Waals surface area contributed by atoms with Crippen LogP contribution in [0.25, 0.3) is 6.08 Å². The number of carbonyl (C=O) groups is 2. The highest BCUT2D eigenvalue weighted by atomic mass is 79.9. The summed E-state index contributed by atoms with van der Waals surface area (Å²) in [4.78, 5) is 21.8. The summed E-state index contributed by atoms with van der Waals surface area (Å²) in [5, 5.41) is 19.8. The van der Waals surface area contributed by atoms with Gasteiger partial charge >= 0.3 is 5.97 Å². The van der Waals surface area contributed by atoms with Gasteiger partial charge in [0, 0.05) is 7.05 Å². The van der Waals surface area contributed by atoms with Crippen LogP contribution >= 0.6 is 15.9 Å². The minimum Gasteiger partial charge on any atom is -0.481 e. The van der Waals surface area contributed by atoms with E-state index < -0.39 is 18.5 Å². The lowest BCUT2D eigenvalue weighted by molar-refractivity contribution is -0.139. The maximum absolute atomic E-state index is 11.4. The van der Waals surface area contributed by atoms with Gasteiger partial charge in [0.2, 0.25) is 0 Å². The van der Waals surface area contributed by atoms with Gasteiger partial charge in [-0.25, -0.2) is 4.79 Å². The van der Waals surface area contributed by atoms with Gasteiger partial charge in [-0.2, -0.15) is 5.26 Å². The fourth-order valence-corrected chi connectivity index (χ4v) is 1.82. The summed E-state index contributed by atoms with van der Waals surface area (Å²) in [6.07, 6.45) is 1.42. The predicted octanol–water partition coefficient (Wildman–Crippen LogP) is 1.57. The molecule has 0 aliphatic carbocycles. The Hall–Kier alpha value is -2.33. The number of halogens is 1. The molecule has 0 radical (unpaired) electrons. The van der Waals surface area contributed by atoms with Gasteiger partial charge < -0.3 is 15.2 Å². The van der Waals surface area contributed by atoms with Crippen molar-refractivity contribution >= 4 is 33.9 Å². The number of carbonyl (C=O) groups excluding carboxylic acids is 1. The van der Waals surface area contributed by atoms with E-state index in [0.717, 1.165) is 0 Å². The van der Waals surface area contributed by atoms with Crippen molar-refractivity contribution in [2.45, 2.75) is 0 Å². The van der Waals surface area contributed by atoms with E-state index in [9.17, 15) is 9.59 Å². The zero-order chi connectivity index (χ0) is 15.1. The molecule has 104 valence electrons. The Morgan fingerprint density at radius 3 is 2.75 bits per heavy atom. The summed E-state index contributed by atoms with van der Waals surface area (Å²) in [5.41, 5.74) is 0.582. The highest BCUT2D eigenvalue weighted by Gasteiger charge is 2.08. The van der Waals surface area contributed by atoms with Gasteiger partial charge in [-0.1, -0.05) is 6.07 Å². The molecule has 1 rings (SSSR count). The summed E-state index contributed by atoms with van der Waals surface area (Å²) in [7, 11) is 1.44. The van der Waals surface area contributed by atoms with Crippen molar-refractivity contribution in [3.05, 3.63) is 33.8 Å². The first kappa shape index (κ1) is 15.7. The highest BCUT2D eigenvalue weighted by molar-refractivity contribution is 9.10. The van der Waals surface area contributed by atoms with Crippen LogP contribution < -0.4 is 10.1 Å². The normalized spacial score (nSPS) is 10.6. The lowest BCUT2D eigenvalue weighted by Gasteiger charge is -2.06. The number of aliphatic carboxylic acids is 1. The van der Waals surface area contributed by atoms with E-state index in [1.54, 1.807) is 24.3 Å². The maximum atomic E-state index is 11.4. The molecule has 0 saturated carbocycles. The number of nitrogens with zero attached hydrogens (tertiary/aromatic N) is 1. The molecule has 7 heteroatoms. The highest BCUT2D eigenvalue weighted by Crippen LogP contribution is 2.26. The molecule has 0 aliphatic heterocycles. The van der Waals surface area contributed by atoms with Crippen molar-refractivity contribution < 1.29 is 19.4 Å². The van der Waals surface area contributed by atoms with E-state index in [-0.39, 0.29) is 5.57 Å². The molecule has 1 aromatic carbocycles. The van der Waals surface area contributed by atoms with Gasteiger partial charge in [0.1, 0.15) is 17.4 Å². The first-order valence-corrected chi connectivity index (χ1v) is 6.25. The Bertz CT molecular complexity index is 605. The van der Waals surface area contributed by atoms with Crippen LogP contribution in [0.2, 0.25) is 0 Å². The first-order chi connectivity index (χ1) is 9.47. The third-order valence-electron chi connectivity index (χ3n) is 2.21. The molecule has 0 atom stereocenters. The average molecular weight is 339 g/mol. The SMILES string of the molecule is CNC(=O)/C(C#N)=C\c1ccc(OCC(=O)O)c(Br)c1. The molecular weight excluding hydrogens is 328 g/mol. The second-order valence-corrected chi connectivity index (χ2v) is 4.48. The number of hydrogen-bond acceptors (Lipinski definition) is 4. The minimum atomic E-state index is -1.08. The molecule has 1 aromatic rings. The first-order valence-electron chi connectivity index (χ1n) is 5.46. The van der Waals surface area contributed by atoms with Crippen LogP contribution in [-0.2, 0) is 9.59 Å². The van der Waals surface area contributed by atoms with E-state index in [1.165, 1.54) is 13.1 Å². The molecule has 0 fully saturated rings. The summed E-state index contributed by atoms with van der Waals surface area (Å²) >= 11 is 3.23. The van der Waals surface area contributed by atoms with Gasteiger partial charge in [-0.05, 0) is 39.7 Å². The molecule has 0 saturated heterocycles. The summed E-state index contributed by atoms with van der Waals surface area (Å²) in [6.45, 7) is -0.449. The smallest absolute Gasteiger partial charge is 0.341 e. The number of carboxylic acids is 1. The molecular formula is C13H11BrN2O4. The summed E-state index contributed by atoms with van der Waals surface area (Å²) < 4.78 is 5.57. The van der Waals surface area contributed by atoms with Gasteiger partial charge in [0.15, 0.2) is 6.61 Å². The second-order valence-electron chi connectivity index (χ2n) is 3.62. The number of nitrogens with one attached hydrogen (secondary N) is 1. The standard InChI is InChI=1S/C13H11BrN2O4/c1-16-13(19)9(6-15)4-8-2-3-11(10(14)5-8)20-7-12(17)18/h2-5H,7H2,1H3,(H,16,19)(H,17,18)/b9-4-. The number of rotatable bonds is 5. The van der Waals surface area contributed by atoms with Crippen LogP contribution in [0.4, 0.5) is 0 Å². The van der Waals surface area contributed by atoms with Crippen molar-refractivity contribution in [1.82, 2.24) is 5.32 Å². The van der Waals surface area contributed by atoms with Gasteiger partial charge in [0.25, 0.3) is 5.91 Å². The molecule has 20 heavy (non-hydrogen) atoms. The van der Waals surface area contributed by atoms with Crippen LogP contribution in [0.15, 0.2) is 28.2 Å². The fraction of sp³-hybridized carbons (Fsp3) is 0.154. The van der Waals surface area contributed by atoms with Crippen molar-refractivity contribution in [2.75, 3.05) is 13.7 Å². The van der Waals surface area contributed by atoms with E-state index in [2.05, 4.69) is 21.2 Å². The largest absolute Gasteiger partial charge is 0.481 e. The van der Waals surface area contributed by atoms with Crippen molar-refractivity contribution in [3.63, 3.8) is 0 Å². The van der Waals surface area contributed by atoms with Gasteiger partial charge in [-0.3, -0.25) is 4.79 Å². The topological polar surface area (TPSA) is 99.4 Å². The van der Waals surface area contributed by atoms with E-state index in [0.29, 0.717) is 15.8 Å². The maximum Gasteiger partial charge on any atom is 0.341 e. The molecule has 0 unspecified atom stereocenters. The molecule has 0 spiro atoms. The van der Waals surface area contributed by atoms with E-state index in [4.69, 9.17) is 15.1 Å². The molecule has 0 aliphatic rings. The average Bonchev–Trinajstić information content (AvgIpc) is 2.42. The monoisotopic (exact) mass is 338 g/mol. The van der Waals surface area contributed by atoms with Crippen LogP contribution in [0.3, 0.4) is 0 Å². The quantitative estimate of drug-likeness (QED) is 0.627. The predicted molar refractivity (Wildman–Crippen MR) is 74.9 cm³/mol. The van der Waals surface area contributed by atoms with Crippen molar-refractivity contribution in [2.24, 2.45) is 0 Å². The fourth-order valence-electron chi connectivity index (χ4n) is 1.31. The minimum absolute atomic E-state index is 0.0291. The summed E-state index contributed by atoms with van der Waals surface area (Å²) in [5.74, 6) is -1.19. The number of amides is 1. The third-order valence-corrected chi connectivity index (χ3v) is 2.83. The Morgan fingerprint density at radius 1 is 1.55 bits per heavy atom. The number of ether oxygens (including phenoxy) is 1. The Kier molecular flexibility index (Phi) is 5.74. The molecule has 2 N–H and O–H groups in total. The molecule has 6 nitrogen and oxygen atoms in total. The van der Waals surface area contributed by atoms with Crippen LogP contribution in [0.1, 0.15) is 5.56 Å². The van der Waals surface area contributed by atoms with Gasteiger partial charge in [-0.15, -0.1) is 0 Å². The van der Waals surface area contributed by atoms with Crippen LogP contribution in [0, 0.1) is 11.3 Å². The summed E-state index contributed by atoms with van der Waals surface area (Å²) in [6, 6.07) is 6.59. The Labute approximate surface area is 123 Å². The van der Waals surface area contributed by atoms with Crippen molar-refractivity contribution in [3.8, 4) is 11.8 Å². The van der Waals surface area contributed by atoms with Crippen LogP contribution in [0.5, 0.6) is 5.75 Å². The number of carboxylic acid groups (broad SMARTS) is 1. The lowest BCUT2D eigenvalue weighted by Crippen LogP contribution is -2.19.